The summed E-state index contributed by atoms with van der Waals surface area (Å²) < 4.78 is 18.7. The summed E-state index contributed by atoms with van der Waals surface area (Å²) >= 11 is 0. The maximum absolute atomic E-state index is 13.1. The monoisotopic (exact) mass is 568 g/mol. The van der Waals surface area contributed by atoms with Gasteiger partial charge in [0.05, 0.1) is 31.0 Å². The van der Waals surface area contributed by atoms with Gasteiger partial charge in [0.25, 0.3) is 5.91 Å². The zero-order valence-corrected chi connectivity index (χ0v) is 23.7. The summed E-state index contributed by atoms with van der Waals surface area (Å²) in [5, 5.41) is 16.8. The molecule has 1 atom stereocenters. The van der Waals surface area contributed by atoms with E-state index in [4.69, 9.17) is 14.2 Å². The Bertz CT molecular complexity index is 1540. The highest BCUT2D eigenvalue weighted by molar-refractivity contribution is 5.95. The minimum Gasteiger partial charge on any atom is -0.495 e. The molecule has 2 aromatic heterocycles. The second-order valence-electron chi connectivity index (χ2n) is 9.93. The normalized spacial score (nSPS) is 14.2. The van der Waals surface area contributed by atoms with Crippen molar-refractivity contribution in [3.05, 3.63) is 72.6 Å². The molecular weight excluding hydrogens is 536 g/mol. The van der Waals surface area contributed by atoms with Crippen LogP contribution in [0.3, 0.4) is 0 Å². The summed E-state index contributed by atoms with van der Waals surface area (Å²) in [4.78, 5) is 27.8. The van der Waals surface area contributed by atoms with E-state index >= 15 is 0 Å². The molecule has 0 unspecified atom stereocenters. The van der Waals surface area contributed by atoms with Crippen LogP contribution in [0.25, 0.3) is 11.1 Å². The van der Waals surface area contributed by atoms with Crippen LogP contribution in [0.2, 0.25) is 0 Å². The lowest BCUT2D eigenvalue weighted by Gasteiger charge is -2.31. The number of likely N-dealkylation sites (tertiary alicyclic amines) is 1. The lowest BCUT2D eigenvalue weighted by atomic mass is 10.1. The first-order valence-corrected chi connectivity index (χ1v) is 13.6. The van der Waals surface area contributed by atoms with Crippen LogP contribution >= 0.6 is 0 Å². The number of hydrogen-bond donors (Lipinski definition) is 1. The van der Waals surface area contributed by atoms with Crippen molar-refractivity contribution in [2.75, 3.05) is 32.6 Å². The number of carbonyl (C=O) groups is 1. The largest absolute Gasteiger partial charge is 0.495 e. The average molecular weight is 569 g/mol. The Hall–Kier alpha value is -5.02. The fraction of sp³-hybridized carbons (Fsp3) is 0.333. The minimum absolute atomic E-state index is 0.0337. The standard InChI is InChI=1S/C30H32N8O4/c1-20(17-38-19-32-18-35-38)42-27-12-21(4-5-23(27)14-31)24-15-33-30(34-16-24)36-26-7-6-22(13-28(26)41-3)29(39)37-10-8-25(40-2)9-11-37/h4-7,12-13,15-16,18-20,25H,8-11,17H2,1-3H3,(H,33,34,36)/t20-/m0/s1. The van der Waals surface area contributed by atoms with Crippen molar-refractivity contribution in [2.45, 2.75) is 38.5 Å². The summed E-state index contributed by atoms with van der Waals surface area (Å²) in [6.07, 6.45) is 8.07. The lowest BCUT2D eigenvalue weighted by Crippen LogP contribution is -2.40. The first kappa shape index (κ1) is 28.5. The summed E-state index contributed by atoms with van der Waals surface area (Å²) in [5.41, 5.74) is 3.17. The smallest absolute Gasteiger partial charge is 0.253 e. The number of carbonyl (C=O) groups excluding carboxylic acids is 1. The van der Waals surface area contributed by atoms with Crippen LogP contribution in [0.15, 0.2) is 61.4 Å². The molecule has 1 fully saturated rings. The summed E-state index contributed by atoms with van der Waals surface area (Å²) in [6.45, 7) is 3.72. The molecule has 0 radical (unpaired) electrons. The molecular formula is C30H32N8O4. The molecule has 0 bridgehead atoms. The number of nitrogens with zero attached hydrogens (tertiary/aromatic N) is 7. The number of methoxy groups -OCH3 is 2. The zero-order valence-electron chi connectivity index (χ0n) is 23.7. The third-order valence-electron chi connectivity index (χ3n) is 7.08. The molecule has 12 nitrogen and oxygen atoms in total. The second-order valence-corrected chi connectivity index (χ2v) is 9.93. The van der Waals surface area contributed by atoms with Crippen LogP contribution in [-0.4, -0.2) is 75.1 Å². The molecule has 12 heteroatoms. The third-order valence-corrected chi connectivity index (χ3v) is 7.08. The quantitative estimate of drug-likeness (QED) is 0.298. The van der Waals surface area contributed by atoms with Gasteiger partial charge in [-0.25, -0.2) is 19.6 Å². The number of rotatable bonds is 10. The van der Waals surface area contributed by atoms with E-state index < -0.39 is 0 Å². The van der Waals surface area contributed by atoms with Gasteiger partial charge in [-0.15, -0.1) is 0 Å². The Morgan fingerprint density at radius 2 is 1.88 bits per heavy atom. The van der Waals surface area contributed by atoms with Gasteiger partial charge in [0, 0.05) is 43.7 Å². The second kappa shape index (κ2) is 13.1. The number of nitrogens with one attached hydrogen (secondary N) is 1. The van der Waals surface area contributed by atoms with Gasteiger partial charge in [-0.3, -0.25) is 4.79 Å². The van der Waals surface area contributed by atoms with Crippen LogP contribution in [0, 0.1) is 11.3 Å². The predicted molar refractivity (Wildman–Crippen MR) is 155 cm³/mol. The maximum Gasteiger partial charge on any atom is 0.253 e. The number of nitriles is 1. The van der Waals surface area contributed by atoms with Gasteiger partial charge in [-0.2, -0.15) is 10.4 Å². The summed E-state index contributed by atoms with van der Waals surface area (Å²) in [7, 11) is 3.26. The van der Waals surface area contributed by atoms with E-state index in [2.05, 4.69) is 31.4 Å². The summed E-state index contributed by atoms with van der Waals surface area (Å²) in [5.74, 6) is 1.30. The van der Waals surface area contributed by atoms with Gasteiger partial charge in [0.2, 0.25) is 5.95 Å². The fourth-order valence-corrected chi connectivity index (χ4v) is 4.80. The molecule has 42 heavy (non-hydrogen) atoms. The molecule has 0 spiro atoms. The number of hydrogen-bond acceptors (Lipinski definition) is 10. The first-order valence-electron chi connectivity index (χ1n) is 13.6. The van der Waals surface area contributed by atoms with Crippen LogP contribution < -0.4 is 14.8 Å². The van der Waals surface area contributed by atoms with Gasteiger partial charge in [0.1, 0.15) is 36.3 Å². The minimum atomic E-state index is -0.239. The molecule has 1 saturated heterocycles. The van der Waals surface area contributed by atoms with Crippen LogP contribution in [0.5, 0.6) is 11.5 Å². The van der Waals surface area contributed by atoms with Crippen molar-refractivity contribution in [2.24, 2.45) is 0 Å². The van der Waals surface area contributed by atoms with Gasteiger partial charge in [-0.1, -0.05) is 6.07 Å². The molecule has 1 N–H and O–H groups in total. The van der Waals surface area contributed by atoms with E-state index in [1.54, 1.807) is 68.0 Å². The molecule has 216 valence electrons. The SMILES string of the molecule is COc1cc(C(=O)N2CCC(OC)CC2)ccc1Nc1ncc(-c2ccc(C#N)c(O[C@@H](C)Cn3cncn3)c2)cn1. The molecule has 2 aromatic carbocycles. The molecule has 4 aromatic rings. The van der Waals surface area contributed by atoms with E-state index in [1.165, 1.54) is 6.33 Å². The Morgan fingerprint density at radius 3 is 2.55 bits per heavy atom. The first-order chi connectivity index (χ1) is 20.5. The highest BCUT2D eigenvalue weighted by Crippen LogP contribution is 2.30. The van der Waals surface area contributed by atoms with Crippen molar-refractivity contribution in [3.63, 3.8) is 0 Å². The number of anilines is 2. The molecule has 1 aliphatic rings. The third kappa shape index (κ3) is 6.64. The fourth-order valence-electron chi connectivity index (χ4n) is 4.80. The number of ether oxygens (including phenoxy) is 3. The molecule has 1 amide bonds. The van der Waals surface area contributed by atoms with E-state index in [-0.39, 0.29) is 18.1 Å². The van der Waals surface area contributed by atoms with E-state index in [0.29, 0.717) is 53.9 Å². The van der Waals surface area contributed by atoms with Gasteiger partial charge >= 0.3 is 0 Å². The number of aromatic nitrogens is 5. The van der Waals surface area contributed by atoms with Crippen molar-refractivity contribution < 1.29 is 19.0 Å². The van der Waals surface area contributed by atoms with Crippen molar-refractivity contribution in [1.29, 1.82) is 5.26 Å². The van der Waals surface area contributed by atoms with E-state index in [1.807, 2.05) is 17.9 Å². The topological polar surface area (TPSA) is 140 Å². The molecule has 0 saturated carbocycles. The summed E-state index contributed by atoms with van der Waals surface area (Å²) in [6, 6.07) is 12.8. The van der Waals surface area contributed by atoms with Gasteiger partial charge < -0.3 is 24.4 Å². The van der Waals surface area contributed by atoms with Gasteiger partial charge in [0.15, 0.2) is 0 Å². The average Bonchev–Trinajstić information content (AvgIpc) is 3.54. The Balaban J connectivity index is 1.27. The predicted octanol–water partition coefficient (Wildman–Crippen LogP) is 4.08. The lowest BCUT2D eigenvalue weighted by molar-refractivity contribution is 0.0350. The van der Waals surface area contributed by atoms with Crippen molar-refractivity contribution in [1.82, 2.24) is 29.6 Å². The Labute approximate surface area is 243 Å². The van der Waals surface area contributed by atoms with Gasteiger partial charge in [-0.05, 0) is 55.7 Å². The molecule has 1 aliphatic heterocycles. The molecule has 0 aliphatic carbocycles. The van der Waals surface area contributed by atoms with Crippen LogP contribution in [-0.2, 0) is 11.3 Å². The Morgan fingerprint density at radius 1 is 1.10 bits per heavy atom. The Kier molecular flexibility index (Phi) is 8.89. The number of amides is 1. The number of piperidine rings is 1. The van der Waals surface area contributed by atoms with Crippen molar-refractivity contribution >= 4 is 17.5 Å². The zero-order chi connectivity index (χ0) is 29.5. The molecule has 3 heterocycles. The maximum atomic E-state index is 13.1. The van der Waals surface area contributed by atoms with Crippen molar-refractivity contribution in [3.8, 4) is 28.7 Å². The number of benzene rings is 2. The van der Waals surface area contributed by atoms with Crippen LogP contribution in [0.1, 0.15) is 35.7 Å². The molecule has 5 rings (SSSR count). The van der Waals surface area contributed by atoms with Crippen LogP contribution in [0.4, 0.5) is 11.6 Å². The highest BCUT2D eigenvalue weighted by atomic mass is 16.5. The highest BCUT2D eigenvalue weighted by Gasteiger charge is 2.24. The van der Waals surface area contributed by atoms with E-state index in [9.17, 15) is 10.1 Å². The van der Waals surface area contributed by atoms with E-state index in [0.717, 1.165) is 24.0 Å².